The molecule has 1 aliphatic heterocycles. The average molecular weight is 353 g/mol. The fraction of sp³-hybridized carbons (Fsp3) is 0.706. The molecule has 0 unspecified atom stereocenters. The summed E-state index contributed by atoms with van der Waals surface area (Å²) < 4.78 is 0. The third kappa shape index (κ3) is 4.77. The van der Waals surface area contributed by atoms with Crippen molar-refractivity contribution >= 4 is 23.2 Å². The van der Waals surface area contributed by atoms with Gasteiger partial charge in [-0.2, -0.15) is 0 Å². The molecular formula is C17H28N4O2S. The van der Waals surface area contributed by atoms with E-state index in [9.17, 15) is 9.59 Å². The number of carbonyl (C=O) groups is 2. The van der Waals surface area contributed by atoms with E-state index in [0.717, 1.165) is 48.3 Å². The number of hydrogen-bond donors (Lipinski definition) is 0. The van der Waals surface area contributed by atoms with Crippen LogP contribution in [0.5, 0.6) is 0 Å². The first-order valence-electron chi connectivity index (χ1n) is 8.46. The van der Waals surface area contributed by atoms with Gasteiger partial charge in [0.2, 0.25) is 5.91 Å². The molecule has 2 heterocycles. The van der Waals surface area contributed by atoms with Gasteiger partial charge in [-0.05, 0) is 12.8 Å². The van der Waals surface area contributed by atoms with Crippen molar-refractivity contribution in [3.8, 4) is 0 Å². The number of aryl methyl sites for hydroxylation is 1. The van der Waals surface area contributed by atoms with Gasteiger partial charge in [0.25, 0.3) is 5.91 Å². The van der Waals surface area contributed by atoms with Gasteiger partial charge in [-0.25, -0.2) is 4.98 Å². The first-order valence-corrected chi connectivity index (χ1v) is 9.27. The van der Waals surface area contributed by atoms with E-state index in [-0.39, 0.29) is 11.8 Å². The van der Waals surface area contributed by atoms with E-state index in [1.165, 1.54) is 11.3 Å². The van der Waals surface area contributed by atoms with Crippen LogP contribution >= 0.6 is 11.3 Å². The Hall–Kier alpha value is -1.47. The van der Waals surface area contributed by atoms with E-state index in [4.69, 9.17) is 0 Å². The predicted octanol–water partition coefficient (Wildman–Crippen LogP) is 1.84. The molecule has 0 radical (unpaired) electrons. The second-order valence-electron chi connectivity index (χ2n) is 6.98. The van der Waals surface area contributed by atoms with Crippen LogP contribution in [-0.2, 0) is 11.3 Å². The molecule has 0 spiro atoms. The number of thiazole rings is 1. The molecule has 1 aromatic rings. The van der Waals surface area contributed by atoms with E-state index in [1.54, 1.807) is 19.0 Å². The van der Waals surface area contributed by atoms with Gasteiger partial charge in [0.15, 0.2) is 0 Å². The maximum Gasteiger partial charge on any atom is 0.265 e. The van der Waals surface area contributed by atoms with Gasteiger partial charge < -0.3 is 9.80 Å². The topological polar surface area (TPSA) is 56.8 Å². The second kappa shape index (κ2) is 8.07. The number of amides is 2. The van der Waals surface area contributed by atoms with E-state index < -0.39 is 0 Å². The van der Waals surface area contributed by atoms with Crippen molar-refractivity contribution in [3.05, 3.63) is 15.6 Å². The van der Waals surface area contributed by atoms with Crippen LogP contribution in [0, 0.1) is 12.8 Å². The fourth-order valence-electron chi connectivity index (χ4n) is 2.75. The minimum atomic E-state index is 0.0142. The normalized spacial score (nSPS) is 15.8. The van der Waals surface area contributed by atoms with E-state index in [1.807, 2.05) is 11.8 Å². The van der Waals surface area contributed by atoms with Crippen molar-refractivity contribution in [3.63, 3.8) is 0 Å². The van der Waals surface area contributed by atoms with Crippen LogP contribution in [-0.4, -0.2) is 71.8 Å². The van der Waals surface area contributed by atoms with Crippen LogP contribution in [0.3, 0.4) is 0 Å². The summed E-state index contributed by atoms with van der Waals surface area (Å²) >= 11 is 1.48. The lowest BCUT2D eigenvalue weighted by atomic mass is 10.1. The van der Waals surface area contributed by atoms with Gasteiger partial charge in [0.05, 0.1) is 12.2 Å². The summed E-state index contributed by atoms with van der Waals surface area (Å²) in [5.74, 6) is 0.676. The van der Waals surface area contributed by atoms with Crippen molar-refractivity contribution in [2.75, 3.05) is 40.3 Å². The molecule has 24 heavy (non-hydrogen) atoms. The Labute approximate surface area is 148 Å². The molecule has 0 aromatic carbocycles. The Morgan fingerprint density at radius 3 is 2.38 bits per heavy atom. The lowest BCUT2D eigenvalue weighted by Gasteiger charge is -2.34. The minimum absolute atomic E-state index is 0.0142. The summed E-state index contributed by atoms with van der Waals surface area (Å²) in [6.07, 6.45) is 0.627. The monoisotopic (exact) mass is 352 g/mol. The van der Waals surface area contributed by atoms with Crippen LogP contribution in [0.25, 0.3) is 0 Å². The van der Waals surface area contributed by atoms with Crippen molar-refractivity contribution in [1.82, 2.24) is 19.7 Å². The highest BCUT2D eigenvalue weighted by Gasteiger charge is 2.23. The Kier molecular flexibility index (Phi) is 6.34. The third-order valence-electron chi connectivity index (χ3n) is 4.11. The number of piperazine rings is 1. The predicted molar refractivity (Wildman–Crippen MR) is 96.2 cm³/mol. The van der Waals surface area contributed by atoms with Crippen molar-refractivity contribution in [1.29, 1.82) is 0 Å². The molecule has 1 aromatic heterocycles. The standard InChI is InChI=1S/C17H28N4O2S/c1-12(2)10-15(22)21-8-6-20(7-9-21)11-14-18-13(3)16(24-14)17(23)19(4)5/h12H,6-11H2,1-5H3. The lowest BCUT2D eigenvalue weighted by molar-refractivity contribution is -0.133. The Morgan fingerprint density at radius 1 is 1.21 bits per heavy atom. The van der Waals surface area contributed by atoms with Crippen LogP contribution in [0.1, 0.15) is 40.6 Å². The molecule has 6 nitrogen and oxygen atoms in total. The van der Waals surface area contributed by atoms with Crippen LogP contribution in [0.15, 0.2) is 0 Å². The molecule has 0 aliphatic carbocycles. The molecular weight excluding hydrogens is 324 g/mol. The first-order chi connectivity index (χ1) is 11.3. The fourth-order valence-corrected chi connectivity index (χ4v) is 3.88. The summed E-state index contributed by atoms with van der Waals surface area (Å²) in [4.78, 5) is 35.4. The van der Waals surface area contributed by atoms with Crippen molar-refractivity contribution in [2.45, 2.75) is 33.7 Å². The summed E-state index contributed by atoms with van der Waals surface area (Å²) in [5, 5.41) is 0.972. The zero-order valence-corrected chi connectivity index (χ0v) is 16.2. The molecule has 134 valence electrons. The molecule has 2 amide bonds. The summed E-state index contributed by atoms with van der Waals surface area (Å²) in [6, 6.07) is 0. The molecule has 1 aliphatic rings. The largest absolute Gasteiger partial charge is 0.344 e. The zero-order valence-electron chi connectivity index (χ0n) is 15.3. The van der Waals surface area contributed by atoms with Gasteiger partial charge in [0, 0.05) is 46.7 Å². The molecule has 7 heteroatoms. The SMILES string of the molecule is Cc1nc(CN2CCN(C(=O)CC(C)C)CC2)sc1C(=O)N(C)C. The van der Waals surface area contributed by atoms with Gasteiger partial charge >= 0.3 is 0 Å². The van der Waals surface area contributed by atoms with Crippen LogP contribution in [0.2, 0.25) is 0 Å². The highest BCUT2D eigenvalue weighted by molar-refractivity contribution is 7.13. The number of rotatable bonds is 5. The Morgan fingerprint density at radius 2 is 1.83 bits per heavy atom. The Balaban J connectivity index is 1.89. The quantitative estimate of drug-likeness (QED) is 0.811. The molecule has 2 rings (SSSR count). The van der Waals surface area contributed by atoms with E-state index in [0.29, 0.717) is 12.3 Å². The average Bonchev–Trinajstić information content (AvgIpc) is 2.86. The van der Waals surface area contributed by atoms with Gasteiger partial charge in [-0.1, -0.05) is 13.8 Å². The highest BCUT2D eigenvalue weighted by Crippen LogP contribution is 2.21. The molecule has 1 fully saturated rings. The highest BCUT2D eigenvalue weighted by atomic mass is 32.1. The van der Waals surface area contributed by atoms with E-state index >= 15 is 0 Å². The van der Waals surface area contributed by atoms with Crippen LogP contribution < -0.4 is 0 Å². The number of hydrogen-bond acceptors (Lipinski definition) is 5. The first kappa shape index (κ1) is 18.9. The van der Waals surface area contributed by atoms with Gasteiger partial charge in [-0.3, -0.25) is 14.5 Å². The Bertz CT molecular complexity index is 589. The smallest absolute Gasteiger partial charge is 0.265 e. The maximum atomic E-state index is 12.1. The number of carbonyl (C=O) groups excluding carboxylic acids is 2. The lowest BCUT2D eigenvalue weighted by Crippen LogP contribution is -2.48. The third-order valence-corrected chi connectivity index (χ3v) is 5.24. The number of aromatic nitrogens is 1. The molecule has 0 saturated carbocycles. The number of nitrogens with zero attached hydrogens (tertiary/aromatic N) is 4. The summed E-state index contributed by atoms with van der Waals surface area (Å²) in [7, 11) is 3.52. The molecule has 0 N–H and O–H groups in total. The van der Waals surface area contributed by atoms with Gasteiger partial charge in [0.1, 0.15) is 9.88 Å². The minimum Gasteiger partial charge on any atom is -0.344 e. The van der Waals surface area contributed by atoms with E-state index in [2.05, 4.69) is 23.7 Å². The second-order valence-corrected chi connectivity index (χ2v) is 8.06. The van der Waals surface area contributed by atoms with Crippen molar-refractivity contribution < 1.29 is 9.59 Å². The van der Waals surface area contributed by atoms with Crippen LogP contribution in [0.4, 0.5) is 0 Å². The van der Waals surface area contributed by atoms with Gasteiger partial charge in [-0.15, -0.1) is 11.3 Å². The molecule has 0 bridgehead atoms. The molecule has 0 atom stereocenters. The maximum absolute atomic E-state index is 12.1. The summed E-state index contributed by atoms with van der Waals surface area (Å²) in [6.45, 7) is 10.1. The molecule has 1 saturated heterocycles. The zero-order chi connectivity index (χ0) is 17.9. The summed E-state index contributed by atoms with van der Waals surface area (Å²) in [5.41, 5.74) is 0.805. The van der Waals surface area contributed by atoms with Crippen molar-refractivity contribution in [2.24, 2.45) is 5.92 Å².